The Balaban J connectivity index is 1.40. The number of aryl methyl sites for hydroxylation is 2. The fourth-order valence-corrected chi connectivity index (χ4v) is 3.92. The van der Waals surface area contributed by atoms with Crippen LogP contribution < -0.4 is 5.32 Å². The van der Waals surface area contributed by atoms with Gasteiger partial charge in [0.15, 0.2) is 0 Å². The van der Waals surface area contributed by atoms with Crippen LogP contribution in [0.4, 0.5) is 5.69 Å². The number of thioether (sulfide) groups is 1. The molecular weight excluding hydrogens is 378 g/mol. The van der Waals surface area contributed by atoms with E-state index >= 15 is 0 Å². The predicted octanol–water partition coefficient (Wildman–Crippen LogP) is 5.64. The number of carbonyl (C=O) groups excluding carboxylic acids is 1. The average Bonchev–Trinajstić information content (AvgIpc) is 2.73. The molecule has 0 unspecified atom stereocenters. The van der Waals surface area contributed by atoms with Gasteiger partial charge in [-0.2, -0.15) is 0 Å². The molecule has 0 aliphatic heterocycles. The van der Waals surface area contributed by atoms with Crippen LogP contribution in [-0.4, -0.2) is 21.9 Å². The molecule has 144 valence electrons. The van der Waals surface area contributed by atoms with Gasteiger partial charge in [-0.05, 0) is 43.0 Å². The van der Waals surface area contributed by atoms with E-state index in [1.807, 2.05) is 54.6 Å². The van der Waals surface area contributed by atoms with Gasteiger partial charge in [0.2, 0.25) is 5.91 Å². The summed E-state index contributed by atoms with van der Waals surface area (Å²) in [6, 6.07) is 24.1. The van der Waals surface area contributed by atoms with Crippen LogP contribution in [0.1, 0.15) is 11.1 Å². The lowest BCUT2D eigenvalue weighted by Crippen LogP contribution is -2.14. The number of benzene rings is 3. The third-order valence-corrected chi connectivity index (χ3v) is 5.63. The molecule has 1 amide bonds. The van der Waals surface area contributed by atoms with Gasteiger partial charge in [-0.1, -0.05) is 71.9 Å². The molecule has 1 heterocycles. The maximum Gasteiger partial charge on any atom is 0.234 e. The Morgan fingerprint density at radius 2 is 1.76 bits per heavy atom. The van der Waals surface area contributed by atoms with E-state index in [2.05, 4.69) is 47.6 Å². The highest BCUT2D eigenvalue weighted by Gasteiger charge is 2.09. The van der Waals surface area contributed by atoms with Gasteiger partial charge >= 0.3 is 0 Å². The van der Waals surface area contributed by atoms with Gasteiger partial charge in [-0.25, -0.2) is 0 Å². The molecule has 0 bridgehead atoms. The maximum absolute atomic E-state index is 12.4. The van der Waals surface area contributed by atoms with Crippen LogP contribution in [0.25, 0.3) is 22.0 Å². The van der Waals surface area contributed by atoms with E-state index < -0.39 is 0 Å². The first-order valence-electron chi connectivity index (χ1n) is 9.42. The number of nitrogens with zero attached hydrogens (tertiary/aromatic N) is 2. The van der Waals surface area contributed by atoms with E-state index in [0.717, 1.165) is 32.7 Å². The largest absolute Gasteiger partial charge is 0.325 e. The van der Waals surface area contributed by atoms with Crippen molar-refractivity contribution in [3.05, 3.63) is 83.9 Å². The van der Waals surface area contributed by atoms with Crippen LogP contribution in [-0.2, 0) is 4.79 Å². The SMILES string of the molecule is Cc1ccc(-c2ccc(SCC(=O)Nc3cccc4ccccc34)nn2)c(C)c1. The maximum atomic E-state index is 12.4. The van der Waals surface area contributed by atoms with Crippen molar-refractivity contribution in [2.75, 3.05) is 11.1 Å². The lowest BCUT2D eigenvalue weighted by atomic mass is 10.0. The number of hydrogen-bond acceptors (Lipinski definition) is 4. The number of nitrogens with one attached hydrogen (secondary N) is 1. The van der Waals surface area contributed by atoms with Gasteiger partial charge < -0.3 is 5.32 Å². The van der Waals surface area contributed by atoms with Crippen LogP contribution in [0.3, 0.4) is 0 Å². The van der Waals surface area contributed by atoms with E-state index in [0.29, 0.717) is 0 Å². The Bertz CT molecular complexity index is 1170. The first-order valence-corrected chi connectivity index (χ1v) is 10.4. The molecule has 29 heavy (non-hydrogen) atoms. The Kier molecular flexibility index (Phi) is 5.58. The molecule has 3 aromatic carbocycles. The molecule has 1 N–H and O–H groups in total. The molecule has 5 heteroatoms. The van der Waals surface area contributed by atoms with Crippen molar-refractivity contribution in [1.82, 2.24) is 10.2 Å². The minimum atomic E-state index is -0.0633. The van der Waals surface area contributed by atoms with Gasteiger partial charge in [0, 0.05) is 16.6 Å². The van der Waals surface area contributed by atoms with Crippen molar-refractivity contribution < 1.29 is 4.79 Å². The molecule has 0 atom stereocenters. The zero-order valence-electron chi connectivity index (χ0n) is 16.3. The molecule has 0 fully saturated rings. The average molecular weight is 400 g/mol. The number of rotatable bonds is 5. The monoisotopic (exact) mass is 399 g/mol. The molecule has 1 aromatic heterocycles. The smallest absolute Gasteiger partial charge is 0.234 e. The highest BCUT2D eigenvalue weighted by Crippen LogP contribution is 2.25. The molecule has 0 radical (unpaired) electrons. The van der Waals surface area contributed by atoms with Crippen molar-refractivity contribution in [3.8, 4) is 11.3 Å². The molecule has 0 saturated heterocycles. The van der Waals surface area contributed by atoms with Gasteiger partial charge in [0.05, 0.1) is 11.4 Å². The zero-order valence-corrected chi connectivity index (χ0v) is 17.2. The lowest BCUT2D eigenvalue weighted by molar-refractivity contribution is -0.113. The van der Waals surface area contributed by atoms with Gasteiger partial charge in [-0.15, -0.1) is 10.2 Å². The normalized spacial score (nSPS) is 10.8. The summed E-state index contributed by atoms with van der Waals surface area (Å²) < 4.78 is 0. The molecule has 0 aliphatic carbocycles. The van der Waals surface area contributed by atoms with Crippen molar-refractivity contribution in [3.63, 3.8) is 0 Å². The summed E-state index contributed by atoms with van der Waals surface area (Å²) in [6.45, 7) is 4.15. The number of anilines is 1. The number of carbonyl (C=O) groups is 1. The Labute approximate surface area is 174 Å². The summed E-state index contributed by atoms with van der Waals surface area (Å²) in [5, 5.41) is 14.5. The van der Waals surface area contributed by atoms with Crippen molar-refractivity contribution >= 4 is 34.1 Å². The minimum absolute atomic E-state index is 0.0633. The summed E-state index contributed by atoms with van der Waals surface area (Å²) in [6.07, 6.45) is 0. The fourth-order valence-electron chi connectivity index (χ4n) is 3.30. The molecule has 4 rings (SSSR count). The summed E-state index contributed by atoms with van der Waals surface area (Å²) in [4.78, 5) is 12.4. The summed E-state index contributed by atoms with van der Waals surface area (Å²) in [7, 11) is 0. The van der Waals surface area contributed by atoms with E-state index in [4.69, 9.17) is 0 Å². The summed E-state index contributed by atoms with van der Waals surface area (Å²) >= 11 is 1.38. The standard InChI is InChI=1S/C24H21N3OS/c1-16-10-11-19(17(2)14-16)22-12-13-24(27-26-22)29-15-23(28)25-21-9-5-7-18-6-3-4-8-20(18)21/h3-14H,15H2,1-2H3,(H,25,28). The van der Waals surface area contributed by atoms with E-state index in [-0.39, 0.29) is 11.7 Å². The zero-order chi connectivity index (χ0) is 20.2. The second-order valence-corrected chi connectivity index (χ2v) is 7.93. The first-order chi connectivity index (χ1) is 14.1. The molecule has 0 spiro atoms. The number of amides is 1. The molecule has 0 saturated carbocycles. The lowest BCUT2D eigenvalue weighted by Gasteiger charge is -2.09. The van der Waals surface area contributed by atoms with Gasteiger partial charge in [0.25, 0.3) is 0 Å². The summed E-state index contributed by atoms with van der Waals surface area (Å²) in [5.74, 6) is 0.215. The highest BCUT2D eigenvalue weighted by atomic mass is 32.2. The number of fused-ring (bicyclic) bond motifs is 1. The molecule has 4 aromatic rings. The predicted molar refractivity (Wildman–Crippen MR) is 120 cm³/mol. The second kappa shape index (κ2) is 8.45. The first kappa shape index (κ1) is 19.2. The van der Waals surface area contributed by atoms with Crippen LogP contribution >= 0.6 is 11.8 Å². The quantitative estimate of drug-likeness (QED) is 0.441. The Morgan fingerprint density at radius 3 is 2.55 bits per heavy atom. The topological polar surface area (TPSA) is 54.9 Å². The molecule has 4 nitrogen and oxygen atoms in total. The highest BCUT2D eigenvalue weighted by molar-refractivity contribution is 7.99. The van der Waals surface area contributed by atoms with E-state index in [1.165, 1.54) is 22.9 Å². The Hall–Kier alpha value is -3.18. The molecular formula is C24H21N3OS. The van der Waals surface area contributed by atoms with Crippen LogP contribution in [0, 0.1) is 13.8 Å². The molecule has 0 aliphatic rings. The third kappa shape index (κ3) is 4.46. The number of hydrogen-bond donors (Lipinski definition) is 1. The Morgan fingerprint density at radius 1 is 0.931 bits per heavy atom. The van der Waals surface area contributed by atoms with Crippen LogP contribution in [0.2, 0.25) is 0 Å². The fraction of sp³-hybridized carbons (Fsp3) is 0.125. The summed E-state index contributed by atoms with van der Waals surface area (Å²) in [5.41, 5.74) is 5.14. The van der Waals surface area contributed by atoms with E-state index in [9.17, 15) is 4.79 Å². The minimum Gasteiger partial charge on any atom is -0.325 e. The van der Waals surface area contributed by atoms with Crippen LogP contribution in [0.15, 0.2) is 77.8 Å². The second-order valence-electron chi connectivity index (χ2n) is 6.94. The van der Waals surface area contributed by atoms with Gasteiger partial charge in [-0.3, -0.25) is 4.79 Å². The van der Waals surface area contributed by atoms with Crippen molar-refractivity contribution in [2.24, 2.45) is 0 Å². The number of aromatic nitrogens is 2. The van der Waals surface area contributed by atoms with Crippen molar-refractivity contribution in [2.45, 2.75) is 18.9 Å². The van der Waals surface area contributed by atoms with Crippen LogP contribution in [0.5, 0.6) is 0 Å². The van der Waals surface area contributed by atoms with Crippen molar-refractivity contribution in [1.29, 1.82) is 0 Å². The third-order valence-electron chi connectivity index (χ3n) is 4.71. The van der Waals surface area contributed by atoms with E-state index in [1.54, 1.807) is 0 Å². The van der Waals surface area contributed by atoms with Gasteiger partial charge in [0.1, 0.15) is 5.03 Å².